The highest BCUT2D eigenvalue weighted by molar-refractivity contribution is 5.21. The number of hydrogen-bond donors (Lipinski definition) is 0. The summed E-state index contributed by atoms with van der Waals surface area (Å²) in [5.41, 5.74) is 5.32. The zero-order valence-corrected chi connectivity index (χ0v) is 59.9. The summed E-state index contributed by atoms with van der Waals surface area (Å²) in [5, 5.41) is 0. The molecule has 0 spiro atoms. The van der Waals surface area contributed by atoms with Gasteiger partial charge in [0.05, 0.1) is 6.67 Å². The lowest BCUT2D eigenvalue weighted by Crippen LogP contribution is -2.34. The maximum atomic E-state index is 4.10. The number of nitrogens with zero attached hydrogens (tertiary/aromatic N) is 10. The number of pyridine rings is 1. The molecule has 10 heteroatoms. The van der Waals surface area contributed by atoms with E-state index in [4.69, 9.17) is 0 Å². The SMILES string of the molecule is CCC1C=CC=C(C)N1C.CCCCN1C(C)=CC=CC1CC.CCCCN1C=CC(C)=CC1.CCCCN1C=CC=CC1.CCCCN1C=CC=CC1C.CCCCN1C=CC=CC1CC.CCc1ccccn1.CN1C=CC=CC1.CN1C=CN(C)C1. The molecule has 0 saturated heterocycles. The Morgan fingerprint density at radius 3 is 1.42 bits per heavy atom. The van der Waals surface area contributed by atoms with Gasteiger partial charge < -0.3 is 44.1 Å². The van der Waals surface area contributed by atoms with Crippen LogP contribution in [0.25, 0.3) is 0 Å². The minimum atomic E-state index is 0.589. The van der Waals surface area contributed by atoms with Crippen LogP contribution in [-0.4, -0.2) is 160 Å². The zero-order chi connectivity index (χ0) is 65.7. The lowest BCUT2D eigenvalue weighted by Gasteiger charge is -2.34. The van der Waals surface area contributed by atoms with E-state index in [1.165, 1.54) is 133 Å². The van der Waals surface area contributed by atoms with Crippen molar-refractivity contribution in [2.45, 2.75) is 204 Å². The Labute approximate surface area is 549 Å². The Kier molecular flexibility index (Phi) is 48.2. The van der Waals surface area contributed by atoms with E-state index in [0.29, 0.717) is 24.2 Å². The molecule has 0 N–H and O–H groups in total. The standard InChI is InChI=1S/C12H21N.C11H19N.2C10H17N.2C9H15N.C7H9N.C6H9N.C5H10N2/c1-4-6-10-13-11(3)8-7-9-12(13)5-2;1-3-5-9-12-10-7-6-8-11(12)4-2;1-3-4-7-11-8-5-10(2)6-9-11;1-3-4-8-11-9-6-5-7-10(11)2;1-4-9-7-5-6-8(2)10(9)3;1-2-3-7-10-8-5-4-6-9-10;1-2-7-5-3-4-6-8-7;1-7-5-3-2-4-6-7;1-6-3-4-7(2)5-6/h7-9,12H,4-6,10H2,1-3H3;6-8,10-11H,3-5,9H2,1-2H3;5-6,8H,3-4,7,9H2,1-2H3;5-7,9-10H,3-4,8H2,1-2H3;5-7,9H,4H2,1-3H3;4-6,8H,2-3,7,9H2,1H3;3-6H,2H2,1H3;2-5H,6H2,1H3;3-4H,5H2,1-2H3. The van der Waals surface area contributed by atoms with Gasteiger partial charge in [-0.05, 0) is 171 Å². The zero-order valence-electron chi connectivity index (χ0n) is 59.9. The van der Waals surface area contributed by atoms with Gasteiger partial charge >= 0.3 is 0 Å². The molecule has 10 nitrogen and oxygen atoms in total. The molecule has 498 valence electrons. The van der Waals surface area contributed by atoms with Gasteiger partial charge in [-0.3, -0.25) is 4.98 Å². The predicted octanol–water partition coefficient (Wildman–Crippen LogP) is 18.7. The maximum absolute atomic E-state index is 4.10. The highest BCUT2D eigenvalue weighted by Crippen LogP contribution is 2.19. The molecule has 1 aromatic heterocycles. The van der Waals surface area contributed by atoms with Gasteiger partial charge in [-0.25, -0.2) is 0 Å². The van der Waals surface area contributed by atoms with Crippen molar-refractivity contribution < 1.29 is 0 Å². The van der Waals surface area contributed by atoms with Crippen LogP contribution in [0.2, 0.25) is 0 Å². The van der Waals surface area contributed by atoms with Crippen LogP contribution >= 0.6 is 0 Å². The fourth-order valence-electron chi connectivity index (χ4n) is 9.85. The van der Waals surface area contributed by atoms with Gasteiger partial charge in [0.1, 0.15) is 0 Å². The molecular formula is C79H132N10. The van der Waals surface area contributed by atoms with Crippen LogP contribution in [0, 0.1) is 0 Å². The molecule has 0 amide bonds. The average Bonchev–Trinajstić information content (AvgIpc) is 4.18. The highest BCUT2D eigenvalue weighted by Gasteiger charge is 2.16. The average molecular weight is 1220 g/mol. The van der Waals surface area contributed by atoms with E-state index in [1.807, 2.05) is 30.5 Å². The van der Waals surface area contributed by atoms with E-state index in [2.05, 4.69) is 326 Å². The highest BCUT2D eigenvalue weighted by atomic mass is 15.3. The van der Waals surface area contributed by atoms with Gasteiger partial charge in [0.15, 0.2) is 0 Å². The van der Waals surface area contributed by atoms with E-state index in [-0.39, 0.29) is 0 Å². The van der Waals surface area contributed by atoms with Crippen molar-refractivity contribution in [1.82, 2.24) is 49.1 Å². The third-order valence-electron chi connectivity index (χ3n) is 16.0. The van der Waals surface area contributed by atoms with Crippen molar-refractivity contribution in [1.29, 1.82) is 0 Å². The lowest BCUT2D eigenvalue weighted by molar-refractivity contribution is 0.278. The monoisotopic (exact) mass is 1220 g/mol. The molecule has 0 bridgehead atoms. The summed E-state index contributed by atoms with van der Waals surface area (Å²) in [6, 6.07) is 8.44. The first-order valence-corrected chi connectivity index (χ1v) is 34.7. The molecule has 0 saturated carbocycles. The van der Waals surface area contributed by atoms with Crippen molar-refractivity contribution in [3.05, 3.63) is 212 Å². The van der Waals surface area contributed by atoms with Crippen molar-refractivity contribution in [2.75, 3.05) is 87.2 Å². The Bertz CT molecular complexity index is 2370. The Balaban J connectivity index is 0.000000504. The lowest BCUT2D eigenvalue weighted by atomic mass is 10.1. The number of aryl methyl sites for hydroxylation is 1. The van der Waals surface area contributed by atoms with Crippen LogP contribution in [0.4, 0.5) is 0 Å². The molecular weight excluding hydrogens is 1090 g/mol. The van der Waals surface area contributed by atoms with Gasteiger partial charge in [0, 0.05) is 140 Å². The molecule has 0 aromatic carbocycles. The van der Waals surface area contributed by atoms with Crippen molar-refractivity contribution in [3.63, 3.8) is 0 Å². The molecule has 9 rings (SSSR count). The minimum absolute atomic E-state index is 0.589. The molecule has 89 heavy (non-hydrogen) atoms. The van der Waals surface area contributed by atoms with Crippen LogP contribution in [0.3, 0.4) is 0 Å². The summed E-state index contributed by atoms with van der Waals surface area (Å²) >= 11 is 0. The number of hydrogen-bond acceptors (Lipinski definition) is 10. The number of likely N-dealkylation sites (N-methyl/N-ethyl adjacent to an activating group) is 2. The van der Waals surface area contributed by atoms with Gasteiger partial charge in [-0.2, -0.15) is 0 Å². The van der Waals surface area contributed by atoms with Crippen LogP contribution < -0.4 is 0 Å². The molecule has 0 radical (unpaired) electrons. The third-order valence-corrected chi connectivity index (χ3v) is 16.0. The van der Waals surface area contributed by atoms with E-state index >= 15 is 0 Å². The van der Waals surface area contributed by atoms with E-state index in [9.17, 15) is 0 Å². The van der Waals surface area contributed by atoms with Crippen molar-refractivity contribution >= 4 is 0 Å². The van der Waals surface area contributed by atoms with Gasteiger partial charge in [0.2, 0.25) is 0 Å². The third kappa shape index (κ3) is 39.3. The Hall–Kier alpha value is -6.55. The summed E-state index contributed by atoms with van der Waals surface area (Å²) in [6.45, 7) is 39.0. The molecule has 0 fully saturated rings. The fraction of sp³-hybridized carbons (Fsp3) is 0.557. The quantitative estimate of drug-likeness (QED) is 0.134. The first-order chi connectivity index (χ1) is 43.1. The second-order valence-corrected chi connectivity index (χ2v) is 23.9. The van der Waals surface area contributed by atoms with E-state index in [0.717, 1.165) is 38.4 Å². The normalized spacial score (nSPS) is 19.4. The Morgan fingerprint density at radius 1 is 0.449 bits per heavy atom. The number of rotatable bonds is 19. The van der Waals surface area contributed by atoms with Crippen LogP contribution in [0.15, 0.2) is 206 Å². The molecule has 8 aliphatic heterocycles. The number of aromatic nitrogens is 1. The Morgan fingerprint density at radius 2 is 0.966 bits per heavy atom. The fourth-order valence-corrected chi connectivity index (χ4v) is 9.85. The topological polar surface area (TPSA) is 42.1 Å². The molecule has 4 atom stereocenters. The van der Waals surface area contributed by atoms with E-state index < -0.39 is 0 Å². The number of unbranched alkanes of at least 4 members (excludes halogenated alkanes) is 5. The summed E-state index contributed by atoms with van der Waals surface area (Å²) in [4.78, 5) is 24.8. The molecule has 1 aromatic rings. The van der Waals surface area contributed by atoms with Crippen LogP contribution in [0.5, 0.6) is 0 Å². The summed E-state index contributed by atoms with van der Waals surface area (Å²) < 4.78 is 0. The van der Waals surface area contributed by atoms with E-state index in [1.54, 1.807) is 0 Å². The predicted molar refractivity (Wildman–Crippen MR) is 395 cm³/mol. The smallest absolute Gasteiger partial charge is 0.0887 e. The van der Waals surface area contributed by atoms with Crippen LogP contribution in [-0.2, 0) is 6.42 Å². The largest absolute Gasteiger partial charge is 0.377 e. The summed E-state index contributed by atoms with van der Waals surface area (Å²) in [7, 11) is 8.31. The second kappa shape index (κ2) is 53.3. The first kappa shape index (κ1) is 80.5. The van der Waals surface area contributed by atoms with Crippen molar-refractivity contribution in [3.8, 4) is 0 Å². The molecule has 9 heterocycles. The maximum Gasteiger partial charge on any atom is 0.0887 e. The van der Waals surface area contributed by atoms with Gasteiger partial charge in [-0.15, -0.1) is 0 Å². The first-order valence-electron chi connectivity index (χ1n) is 34.7. The number of allylic oxidation sites excluding steroid dienone is 16. The second-order valence-electron chi connectivity index (χ2n) is 23.9. The summed E-state index contributed by atoms with van der Waals surface area (Å²) in [5.74, 6) is 0. The van der Waals surface area contributed by atoms with Gasteiger partial charge in [0.25, 0.3) is 0 Å². The van der Waals surface area contributed by atoms with Crippen molar-refractivity contribution in [2.24, 2.45) is 0 Å². The molecule has 0 aliphatic carbocycles. The minimum Gasteiger partial charge on any atom is -0.377 e. The van der Waals surface area contributed by atoms with Gasteiger partial charge in [-0.1, -0.05) is 185 Å². The molecule has 4 unspecified atom stereocenters. The van der Waals surface area contributed by atoms with Crippen LogP contribution in [0.1, 0.15) is 179 Å². The molecule has 8 aliphatic rings. The summed E-state index contributed by atoms with van der Waals surface area (Å²) in [6.07, 6.45) is 77.6.